The Hall–Kier alpha value is -2.41. The molecule has 1 aromatic heterocycles. The number of hydrogen-bond donors (Lipinski definition) is 1. The standard InChI is InChI=1S/C22H22Cl2N4O2/c1-14-11-18(24)8-9-19(14)25-22(29)16-3-2-10-28(12-16)13-20-26-21(27-30-20)15-4-6-17(23)7-5-15/h4-9,11,16H,2-3,10,12-13H2,1H3,(H,25,29). The van der Waals surface area contributed by atoms with Crippen LogP contribution in [0, 0.1) is 12.8 Å². The summed E-state index contributed by atoms with van der Waals surface area (Å²) < 4.78 is 5.42. The van der Waals surface area contributed by atoms with Gasteiger partial charge in [0.25, 0.3) is 0 Å². The van der Waals surface area contributed by atoms with Crippen LogP contribution in [0.5, 0.6) is 0 Å². The monoisotopic (exact) mass is 444 g/mol. The van der Waals surface area contributed by atoms with Crippen LogP contribution in [0.15, 0.2) is 47.0 Å². The lowest BCUT2D eigenvalue weighted by molar-refractivity contribution is -0.121. The van der Waals surface area contributed by atoms with Crippen LogP contribution >= 0.6 is 23.2 Å². The third-order valence-corrected chi connectivity index (χ3v) is 5.74. The van der Waals surface area contributed by atoms with E-state index in [1.807, 2.05) is 31.2 Å². The number of aromatic nitrogens is 2. The Morgan fingerprint density at radius 2 is 1.97 bits per heavy atom. The molecule has 3 aromatic rings. The highest BCUT2D eigenvalue weighted by atomic mass is 35.5. The molecule has 0 saturated carbocycles. The Balaban J connectivity index is 1.37. The molecule has 0 radical (unpaired) electrons. The number of likely N-dealkylation sites (tertiary alicyclic amines) is 1. The molecule has 1 aliphatic rings. The van der Waals surface area contributed by atoms with Gasteiger partial charge >= 0.3 is 0 Å². The average molecular weight is 445 g/mol. The van der Waals surface area contributed by atoms with Crippen LogP contribution in [-0.4, -0.2) is 34.0 Å². The first kappa shape index (κ1) is 20.8. The minimum atomic E-state index is -0.0903. The Morgan fingerprint density at radius 1 is 1.20 bits per heavy atom. The number of rotatable bonds is 5. The summed E-state index contributed by atoms with van der Waals surface area (Å²) in [6.45, 7) is 3.99. The molecule has 6 nitrogen and oxygen atoms in total. The van der Waals surface area contributed by atoms with Crippen molar-refractivity contribution in [1.29, 1.82) is 0 Å². The first-order valence-electron chi connectivity index (χ1n) is 9.86. The number of nitrogens with zero attached hydrogens (tertiary/aromatic N) is 3. The Bertz CT molecular complexity index is 1040. The fourth-order valence-electron chi connectivity index (χ4n) is 3.64. The van der Waals surface area contributed by atoms with Gasteiger partial charge in [-0.3, -0.25) is 9.69 Å². The first-order valence-corrected chi connectivity index (χ1v) is 10.6. The molecule has 0 spiro atoms. The highest BCUT2D eigenvalue weighted by molar-refractivity contribution is 6.31. The fourth-order valence-corrected chi connectivity index (χ4v) is 3.99. The molecule has 1 fully saturated rings. The van der Waals surface area contributed by atoms with Gasteiger partial charge in [-0.15, -0.1) is 0 Å². The van der Waals surface area contributed by atoms with Gasteiger partial charge in [-0.1, -0.05) is 28.4 Å². The van der Waals surface area contributed by atoms with E-state index in [9.17, 15) is 4.79 Å². The largest absolute Gasteiger partial charge is 0.338 e. The van der Waals surface area contributed by atoms with Gasteiger partial charge < -0.3 is 9.84 Å². The normalized spacial score (nSPS) is 17.1. The van der Waals surface area contributed by atoms with E-state index < -0.39 is 0 Å². The molecular formula is C22H22Cl2N4O2. The number of piperidine rings is 1. The molecule has 1 unspecified atom stereocenters. The van der Waals surface area contributed by atoms with E-state index >= 15 is 0 Å². The molecule has 2 heterocycles. The lowest BCUT2D eigenvalue weighted by Crippen LogP contribution is -2.40. The summed E-state index contributed by atoms with van der Waals surface area (Å²) in [5.74, 6) is 1.01. The molecule has 1 amide bonds. The van der Waals surface area contributed by atoms with Crippen LogP contribution in [0.3, 0.4) is 0 Å². The topological polar surface area (TPSA) is 71.3 Å². The fraction of sp³-hybridized carbons (Fsp3) is 0.318. The molecule has 0 aliphatic carbocycles. The van der Waals surface area contributed by atoms with Gasteiger partial charge in [0, 0.05) is 27.8 Å². The van der Waals surface area contributed by atoms with Gasteiger partial charge in [-0.25, -0.2) is 0 Å². The minimum absolute atomic E-state index is 0.0255. The molecule has 1 saturated heterocycles. The van der Waals surface area contributed by atoms with Crippen molar-refractivity contribution in [2.24, 2.45) is 5.92 Å². The van der Waals surface area contributed by atoms with Crippen LogP contribution in [0.25, 0.3) is 11.4 Å². The molecule has 1 atom stereocenters. The van der Waals surface area contributed by atoms with E-state index in [4.69, 9.17) is 27.7 Å². The Labute approximate surface area is 185 Å². The molecule has 30 heavy (non-hydrogen) atoms. The summed E-state index contributed by atoms with van der Waals surface area (Å²) in [6, 6.07) is 12.8. The van der Waals surface area contributed by atoms with Gasteiger partial charge in [0.05, 0.1) is 12.5 Å². The predicted molar refractivity (Wildman–Crippen MR) is 118 cm³/mol. The Kier molecular flexibility index (Phi) is 6.37. The van der Waals surface area contributed by atoms with E-state index in [1.165, 1.54) is 0 Å². The van der Waals surface area contributed by atoms with Gasteiger partial charge in [-0.05, 0) is 74.3 Å². The number of benzene rings is 2. The third-order valence-electron chi connectivity index (χ3n) is 5.25. The molecular weight excluding hydrogens is 423 g/mol. The van der Waals surface area contributed by atoms with Crippen molar-refractivity contribution in [2.75, 3.05) is 18.4 Å². The minimum Gasteiger partial charge on any atom is -0.338 e. The van der Waals surface area contributed by atoms with Gasteiger partial charge in [-0.2, -0.15) is 4.98 Å². The second kappa shape index (κ2) is 9.16. The smallest absolute Gasteiger partial charge is 0.241 e. The van der Waals surface area contributed by atoms with Crippen LogP contribution in [0.1, 0.15) is 24.3 Å². The lowest BCUT2D eigenvalue weighted by atomic mass is 9.97. The first-order chi connectivity index (χ1) is 14.5. The molecule has 2 aromatic carbocycles. The van der Waals surface area contributed by atoms with Crippen molar-refractivity contribution >= 4 is 34.8 Å². The number of hydrogen-bond acceptors (Lipinski definition) is 5. The van der Waals surface area contributed by atoms with Gasteiger partial charge in [0.2, 0.25) is 17.6 Å². The predicted octanol–water partition coefficient (Wildman–Crippen LogP) is 5.20. The van der Waals surface area contributed by atoms with Crippen LogP contribution in [-0.2, 0) is 11.3 Å². The quantitative estimate of drug-likeness (QED) is 0.585. The third kappa shape index (κ3) is 5.01. The van der Waals surface area contributed by atoms with Crippen molar-refractivity contribution in [3.05, 3.63) is 64.0 Å². The number of aryl methyl sites for hydroxylation is 1. The van der Waals surface area contributed by atoms with Gasteiger partial charge in [0.1, 0.15) is 0 Å². The Morgan fingerprint density at radius 3 is 2.73 bits per heavy atom. The number of nitrogens with one attached hydrogen (secondary N) is 1. The van der Waals surface area contributed by atoms with Gasteiger partial charge in [0.15, 0.2) is 0 Å². The zero-order valence-electron chi connectivity index (χ0n) is 16.6. The van der Waals surface area contributed by atoms with Crippen LogP contribution in [0.4, 0.5) is 5.69 Å². The SMILES string of the molecule is Cc1cc(Cl)ccc1NC(=O)C1CCCN(Cc2nc(-c3ccc(Cl)cc3)no2)C1. The second-order valence-corrected chi connectivity index (χ2v) is 8.41. The highest BCUT2D eigenvalue weighted by Crippen LogP contribution is 2.24. The molecule has 0 bridgehead atoms. The van der Waals surface area contributed by atoms with E-state index in [0.717, 1.165) is 36.2 Å². The number of halogens is 2. The maximum Gasteiger partial charge on any atom is 0.241 e. The molecule has 156 valence electrons. The second-order valence-electron chi connectivity index (χ2n) is 7.54. The maximum absolute atomic E-state index is 12.8. The molecule has 8 heteroatoms. The van der Waals surface area contributed by atoms with Crippen molar-refractivity contribution in [2.45, 2.75) is 26.3 Å². The summed E-state index contributed by atoms with van der Waals surface area (Å²) in [5.41, 5.74) is 2.60. The molecule has 4 rings (SSSR count). The number of amides is 1. The number of anilines is 1. The van der Waals surface area contributed by atoms with Crippen LogP contribution in [0.2, 0.25) is 10.0 Å². The average Bonchev–Trinajstić information content (AvgIpc) is 3.19. The van der Waals surface area contributed by atoms with E-state index in [0.29, 0.717) is 34.8 Å². The molecule has 1 aliphatic heterocycles. The van der Waals surface area contributed by atoms with Crippen molar-refractivity contribution in [3.8, 4) is 11.4 Å². The van der Waals surface area contributed by atoms with E-state index in [2.05, 4.69) is 20.4 Å². The van der Waals surface area contributed by atoms with Crippen molar-refractivity contribution < 1.29 is 9.32 Å². The van der Waals surface area contributed by atoms with Crippen LogP contribution < -0.4 is 5.32 Å². The molecule has 1 N–H and O–H groups in total. The zero-order valence-corrected chi connectivity index (χ0v) is 18.1. The lowest BCUT2D eigenvalue weighted by Gasteiger charge is -2.31. The number of carbonyl (C=O) groups is 1. The summed E-state index contributed by atoms with van der Waals surface area (Å²) in [5, 5.41) is 8.42. The van der Waals surface area contributed by atoms with E-state index in [1.54, 1.807) is 18.2 Å². The highest BCUT2D eigenvalue weighted by Gasteiger charge is 2.27. The van der Waals surface area contributed by atoms with Crippen molar-refractivity contribution in [3.63, 3.8) is 0 Å². The summed E-state index contributed by atoms with van der Waals surface area (Å²) in [6.07, 6.45) is 1.80. The summed E-state index contributed by atoms with van der Waals surface area (Å²) >= 11 is 11.9. The maximum atomic E-state index is 12.8. The van der Waals surface area contributed by atoms with E-state index in [-0.39, 0.29) is 11.8 Å². The number of carbonyl (C=O) groups excluding carboxylic acids is 1. The zero-order chi connectivity index (χ0) is 21.1. The summed E-state index contributed by atoms with van der Waals surface area (Å²) in [4.78, 5) is 19.5. The van der Waals surface area contributed by atoms with Crippen molar-refractivity contribution in [1.82, 2.24) is 15.0 Å². The summed E-state index contributed by atoms with van der Waals surface area (Å²) in [7, 11) is 0.